The highest BCUT2D eigenvalue weighted by atomic mass is 32.2. The van der Waals surface area contributed by atoms with Crippen molar-refractivity contribution >= 4 is 16.0 Å². The Balaban J connectivity index is 1.58. The summed E-state index contributed by atoms with van der Waals surface area (Å²) in [4.78, 5) is 11.3. The minimum atomic E-state index is -3.54. The maximum atomic E-state index is 11.8. The summed E-state index contributed by atoms with van der Waals surface area (Å²) in [5.41, 5.74) is -0.208. The Kier molecular flexibility index (Phi) is 3.40. The van der Waals surface area contributed by atoms with E-state index < -0.39 is 39.3 Å². The smallest absolute Gasteiger partial charge is 0.273 e. The van der Waals surface area contributed by atoms with Crippen LogP contribution in [0.15, 0.2) is 12.2 Å². The van der Waals surface area contributed by atoms with E-state index in [1.165, 1.54) is 0 Å². The zero-order valence-electron chi connectivity index (χ0n) is 12.0. The molecule has 0 aromatic heterocycles. The molecule has 0 aliphatic carbocycles. The number of hydrogen-bond acceptors (Lipinski definition) is 6. The molecule has 0 radical (unpaired) electrons. The van der Waals surface area contributed by atoms with Crippen molar-refractivity contribution < 1.29 is 26.9 Å². The van der Waals surface area contributed by atoms with E-state index in [9.17, 15) is 13.2 Å². The van der Waals surface area contributed by atoms with Crippen LogP contribution in [0.3, 0.4) is 0 Å². The summed E-state index contributed by atoms with van der Waals surface area (Å²) in [5, 5.41) is 2.09. The number of carbonyl (C=O) groups is 1. The molecule has 21 heavy (non-hydrogen) atoms. The van der Waals surface area contributed by atoms with Gasteiger partial charge in [-0.3, -0.25) is 8.98 Å². The Morgan fingerprint density at radius 2 is 2.19 bits per heavy atom. The van der Waals surface area contributed by atoms with E-state index in [4.69, 9.17) is 13.7 Å². The van der Waals surface area contributed by atoms with Crippen molar-refractivity contribution in [3.8, 4) is 0 Å². The fraction of sp³-hybridized carbons (Fsp3) is 0.769. The molecule has 3 fully saturated rings. The van der Waals surface area contributed by atoms with Gasteiger partial charge in [0.05, 0.1) is 12.2 Å². The van der Waals surface area contributed by atoms with Crippen molar-refractivity contribution in [2.24, 2.45) is 0 Å². The van der Waals surface area contributed by atoms with Crippen molar-refractivity contribution in [3.63, 3.8) is 0 Å². The third-order valence-corrected chi connectivity index (χ3v) is 5.96. The van der Waals surface area contributed by atoms with Gasteiger partial charge in [-0.25, -0.2) is 0 Å². The zero-order valence-corrected chi connectivity index (χ0v) is 12.8. The molecule has 5 atom stereocenters. The zero-order chi connectivity index (χ0) is 15.4. The number of carbonyl (C=O) groups excluding carboxylic acids is 1. The molecule has 8 heteroatoms. The number of hydrogen-bond donors (Lipinski definition) is 1. The van der Waals surface area contributed by atoms with Gasteiger partial charge in [0, 0.05) is 18.5 Å². The van der Waals surface area contributed by atoms with Crippen LogP contribution in [0, 0.1) is 0 Å². The van der Waals surface area contributed by atoms with E-state index in [1.807, 2.05) is 6.92 Å². The lowest BCUT2D eigenvalue weighted by Crippen LogP contribution is -2.47. The van der Waals surface area contributed by atoms with Crippen molar-refractivity contribution in [3.05, 3.63) is 12.2 Å². The highest BCUT2D eigenvalue weighted by molar-refractivity contribution is 7.87. The highest BCUT2D eigenvalue weighted by Crippen LogP contribution is 2.53. The molecule has 3 aliphatic rings. The number of rotatable bonds is 5. The Morgan fingerprint density at radius 3 is 2.86 bits per heavy atom. The summed E-state index contributed by atoms with van der Waals surface area (Å²) in [6, 6.07) is 0. The molecule has 7 nitrogen and oxygen atoms in total. The van der Waals surface area contributed by atoms with Crippen LogP contribution < -0.4 is 5.32 Å². The molecular formula is C13H19NO6S. The van der Waals surface area contributed by atoms with Gasteiger partial charge in [-0.2, -0.15) is 8.42 Å². The normalized spacial score (nSPS) is 42.2. The molecule has 3 heterocycles. The van der Waals surface area contributed by atoms with Crippen LogP contribution in [0.5, 0.6) is 0 Å². The largest absolute Gasteiger partial charge is 0.371 e. The predicted molar refractivity (Wildman–Crippen MR) is 73.0 cm³/mol. The fourth-order valence-electron chi connectivity index (χ4n) is 3.30. The Hall–Kier alpha value is -0.960. The maximum Gasteiger partial charge on any atom is 0.273 e. The predicted octanol–water partition coefficient (Wildman–Crippen LogP) is -0.278. The molecule has 0 aromatic rings. The standard InChI is InChI=1S/C13H19NO6S/c1-7(2)12(15)14-4-5-18-11-10-9-8(21(16,17)20-10)6-13(11,3)19-9/h8-11H,1,4-6H2,2-3H3,(H,14,15). The molecule has 5 unspecified atom stereocenters. The second-order valence-electron chi connectivity index (χ2n) is 6.02. The van der Waals surface area contributed by atoms with Crippen molar-refractivity contribution in [1.29, 1.82) is 0 Å². The van der Waals surface area contributed by atoms with Crippen LogP contribution >= 0.6 is 0 Å². The monoisotopic (exact) mass is 317 g/mol. The van der Waals surface area contributed by atoms with E-state index in [2.05, 4.69) is 11.9 Å². The van der Waals surface area contributed by atoms with Crippen molar-refractivity contribution in [2.45, 2.75) is 49.4 Å². The first-order valence-corrected chi connectivity index (χ1v) is 8.37. The SMILES string of the molecule is C=C(C)C(=O)NCCOC1C2OS(=O)(=O)C3CC1(C)OC23. The number of amides is 1. The lowest BCUT2D eigenvalue weighted by molar-refractivity contribution is -0.118. The average Bonchev–Trinajstić information content (AvgIpc) is 2.91. The summed E-state index contributed by atoms with van der Waals surface area (Å²) >= 11 is 0. The Bertz CT molecular complexity index is 587. The van der Waals surface area contributed by atoms with E-state index in [1.54, 1.807) is 6.92 Å². The number of ether oxygens (including phenoxy) is 2. The molecule has 1 amide bonds. The minimum absolute atomic E-state index is 0.228. The van der Waals surface area contributed by atoms with Gasteiger partial charge in [0.15, 0.2) is 0 Å². The maximum absolute atomic E-state index is 11.8. The van der Waals surface area contributed by atoms with Crippen molar-refractivity contribution in [2.75, 3.05) is 13.2 Å². The van der Waals surface area contributed by atoms with Crippen molar-refractivity contribution in [1.82, 2.24) is 5.32 Å². The second-order valence-corrected chi connectivity index (χ2v) is 7.80. The lowest BCUT2D eigenvalue weighted by Gasteiger charge is -2.29. The molecule has 118 valence electrons. The van der Waals surface area contributed by atoms with Crippen LogP contribution in [-0.4, -0.2) is 56.6 Å². The molecule has 0 spiro atoms. The van der Waals surface area contributed by atoms with Gasteiger partial charge in [-0.1, -0.05) is 6.58 Å². The molecule has 0 aromatic carbocycles. The topological polar surface area (TPSA) is 90.9 Å². The molecule has 3 rings (SSSR count). The van der Waals surface area contributed by atoms with Gasteiger partial charge >= 0.3 is 0 Å². The van der Waals surface area contributed by atoms with Gasteiger partial charge < -0.3 is 14.8 Å². The number of fused-ring (bicyclic) bond motifs is 1. The molecule has 3 saturated heterocycles. The average molecular weight is 317 g/mol. The molecule has 1 N–H and O–H groups in total. The molecule has 3 aliphatic heterocycles. The van der Waals surface area contributed by atoms with Gasteiger partial charge in [-0.15, -0.1) is 0 Å². The van der Waals surface area contributed by atoms with Gasteiger partial charge in [0.2, 0.25) is 5.91 Å². The Morgan fingerprint density at radius 1 is 1.48 bits per heavy atom. The molecular weight excluding hydrogens is 298 g/mol. The summed E-state index contributed by atoms with van der Waals surface area (Å²) in [5.74, 6) is -0.228. The first-order valence-electron chi connectivity index (χ1n) is 6.90. The molecule has 0 saturated carbocycles. The van der Waals surface area contributed by atoms with E-state index in [0.717, 1.165) is 0 Å². The van der Waals surface area contributed by atoms with Crippen LogP contribution in [0.1, 0.15) is 20.3 Å². The fourth-order valence-corrected chi connectivity index (χ4v) is 5.04. The van der Waals surface area contributed by atoms with E-state index in [-0.39, 0.29) is 12.5 Å². The summed E-state index contributed by atoms with van der Waals surface area (Å²) < 4.78 is 40.3. The van der Waals surface area contributed by atoms with Crippen LogP contribution in [-0.2, 0) is 28.6 Å². The second kappa shape index (κ2) is 4.77. The first kappa shape index (κ1) is 15.0. The first-order chi connectivity index (χ1) is 9.74. The van der Waals surface area contributed by atoms with Crippen LogP contribution in [0.25, 0.3) is 0 Å². The lowest BCUT2D eigenvalue weighted by atomic mass is 9.85. The summed E-state index contributed by atoms with van der Waals surface area (Å²) in [6.07, 6.45) is -1.05. The van der Waals surface area contributed by atoms with E-state index in [0.29, 0.717) is 18.5 Å². The highest BCUT2D eigenvalue weighted by Gasteiger charge is 2.71. The van der Waals surface area contributed by atoms with Gasteiger partial charge in [-0.05, 0) is 13.8 Å². The third-order valence-electron chi connectivity index (χ3n) is 4.29. The van der Waals surface area contributed by atoms with E-state index >= 15 is 0 Å². The van der Waals surface area contributed by atoms with Gasteiger partial charge in [0.1, 0.15) is 23.6 Å². The summed E-state index contributed by atoms with van der Waals surface area (Å²) in [7, 11) is -3.54. The third kappa shape index (κ3) is 2.30. The minimum Gasteiger partial charge on any atom is -0.371 e. The Labute approximate surface area is 123 Å². The molecule has 2 bridgehead atoms. The number of nitrogens with one attached hydrogen (secondary N) is 1. The van der Waals surface area contributed by atoms with Crippen LogP contribution in [0.4, 0.5) is 0 Å². The quantitative estimate of drug-likeness (QED) is 0.426. The van der Waals surface area contributed by atoms with Crippen LogP contribution in [0.2, 0.25) is 0 Å². The van der Waals surface area contributed by atoms with Gasteiger partial charge in [0.25, 0.3) is 10.1 Å². The summed E-state index contributed by atoms with van der Waals surface area (Å²) in [6.45, 7) is 7.60.